The number of hydrogen-bond donors (Lipinski definition) is 1. The highest BCUT2D eigenvalue weighted by Crippen LogP contribution is 2.35. The van der Waals surface area contributed by atoms with Crippen molar-refractivity contribution < 1.29 is 9.15 Å². The van der Waals surface area contributed by atoms with Crippen LogP contribution in [0.3, 0.4) is 0 Å². The first-order valence-corrected chi connectivity index (χ1v) is 7.82. The normalized spacial score (nSPS) is 14.5. The molecule has 0 aliphatic carbocycles. The van der Waals surface area contributed by atoms with E-state index in [2.05, 4.69) is 17.4 Å². The van der Waals surface area contributed by atoms with E-state index in [1.165, 1.54) is 11.1 Å². The minimum absolute atomic E-state index is 0.582. The maximum absolute atomic E-state index is 6.09. The van der Waals surface area contributed by atoms with Gasteiger partial charge < -0.3 is 14.5 Å². The first kappa shape index (κ1) is 13.4. The molecule has 1 aliphatic heterocycles. The fourth-order valence-corrected chi connectivity index (χ4v) is 3.09. The summed E-state index contributed by atoms with van der Waals surface area (Å²) in [6, 6.07) is 16.3. The van der Waals surface area contributed by atoms with Gasteiger partial charge in [-0.25, -0.2) is 0 Å². The molecule has 0 saturated carbocycles. The summed E-state index contributed by atoms with van der Waals surface area (Å²) in [5, 5.41) is 4.57. The zero-order valence-electron chi connectivity index (χ0n) is 12.5. The fraction of sp³-hybridized carbons (Fsp3) is 0.263. The van der Waals surface area contributed by atoms with Gasteiger partial charge in [-0.3, -0.25) is 0 Å². The van der Waals surface area contributed by atoms with Gasteiger partial charge in [0.05, 0.1) is 5.39 Å². The molecule has 1 aliphatic rings. The molecule has 3 nitrogen and oxygen atoms in total. The van der Waals surface area contributed by atoms with E-state index in [0.717, 1.165) is 48.4 Å². The third kappa shape index (κ3) is 2.48. The van der Waals surface area contributed by atoms with Crippen LogP contribution in [0.4, 0.5) is 0 Å². The quantitative estimate of drug-likeness (QED) is 0.799. The minimum Gasteiger partial charge on any atom is -0.488 e. The van der Waals surface area contributed by atoms with Crippen molar-refractivity contribution in [3.8, 4) is 5.75 Å². The van der Waals surface area contributed by atoms with Gasteiger partial charge in [0.25, 0.3) is 0 Å². The topological polar surface area (TPSA) is 34.4 Å². The van der Waals surface area contributed by atoms with Gasteiger partial charge in [-0.05, 0) is 30.7 Å². The molecular formula is C19H19NO2. The summed E-state index contributed by atoms with van der Waals surface area (Å²) in [7, 11) is 0. The number of ether oxygens (including phenoxy) is 1. The van der Waals surface area contributed by atoms with Gasteiger partial charge in [0.1, 0.15) is 23.7 Å². The Balaban J connectivity index is 1.69. The smallest absolute Gasteiger partial charge is 0.138 e. The van der Waals surface area contributed by atoms with Crippen LogP contribution in [-0.2, 0) is 19.4 Å². The summed E-state index contributed by atoms with van der Waals surface area (Å²) in [6.07, 6.45) is 1.94. The van der Waals surface area contributed by atoms with E-state index in [4.69, 9.17) is 9.15 Å². The van der Waals surface area contributed by atoms with Crippen molar-refractivity contribution in [3.63, 3.8) is 0 Å². The first-order valence-electron chi connectivity index (χ1n) is 7.82. The lowest BCUT2D eigenvalue weighted by Gasteiger charge is -2.08. The highest BCUT2D eigenvalue weighted by atomic mass is 16.5. The van der Waals surface area contributed by atoms with Gasteiger partial charge in [0.2, 0.25) is 0 Å². The maximum atomic E-state index is 6.09. The number of nitrogens with one attached hydrogen (secondary N) is 1. The number of fused-ring (bicyclic) bond motifs is 3. The van der Waals surface area contributed by atoms with E-state index in [1.807, 2.05) is 36.4 Å². The molecule has 22 heavy (non-hydrogen) atoms. The van der Waals surface area contributed by atoms with Gasteiger partial charge in [-0.1, -0.05) is 36.4 Å². The Morgan fingerprint density at radius 2 is 1.82 bits per heavy atom. The number of furan rings is 1. The molecule has 0 atom stereocenters. The number of hydrogen-bond acceptors (Lipinski definition) is 3. The second kappa shape index (κ2) is 5.85. The lowest BCUT2D eigenvalue weighted by atomic mass is 10.1. The van der Waals surface area contributed by atoms with Crippen LogP contribution in [0.15, 0.2) is 52.9 Å². The van der Waals surface area contributed by atoms with Crippen LogP contribution >= 0.6 is 0 Å². The van der Waals surface area contributed by atoms with Crippen molar-refractivity contribution in [2.75, 3.05) is 13.1 Å². The van der Waals surface area contributed by atoms with Crippen molar-refractivity contribution in [1.82, 2.24) is 5.32 Å². The SMILES string of the molecule is c1ccc(COc2cccc3oc4c(c23)CCNCC4)cc1. The van der Waals surface area contributed by atoms with Gasteiger partial charge in [-0.15, -0.1) is 0 Å². The third-order valence-electron chi connectivity index (χ3n) is 4.18. The molecule has 4 rings (SSSR count). The predicted octanol–water partition coefficient (Wildman–Crippen LogP) is 3.70. The molecule has 0 bridgehead atoms. The number of rotatable bonds is 3. The second-order valence-corrected chi connectivity index (χ2v) is 5.66. The molecule has 1 N–H and O–H groups in total. The average Bonchev–Trinajstić information content (AvgIpc) is 2.76. The Morgan fingerprint density at radius 1 is 0.955 bits per heavy atom. The highest BCUT2D eigenvalue weighted by Gasteiger charge is 2.19. The third-order valence-corrected chi connectivity index (χ3v) is 4.18. The number of benzene rings is 2. The van der Waals surface area contributed by atoms with Gasteiger partial charge >= 0.3 is 0 Å². The molecule has 0 unspecified atom stereocenters. The lowest BCUT2D eigenvalue weighted by molar-refractivity contribution is 0.310. The summed E-state index contributed by atoms with van der Waals surface area (Å²) in [6.45, 7) is 2.56. The van der Waals surface area contributed by atoms with E-state index in [9.17, 15) is 0 Å². The summed E-state index contributed by atoms with van der Waals surface area (Å²) in [5.74, 6) is 2.03. The van der Waals surface area contributed by atoms with Crippen molar-refractivity contribution in [2.24, 2.45) is 0 Å². The van der Waals surface area contributed by atoms with Crippen LogP contribution in [0.1, 0.15) is 16.9 Å². The molecule has 0 spiro atoms. The molecule has 3 heteroatoms. The van der Waals surface area contributed by atoms with E-state index in [1.54, 1.807) is 0 Å². The summed E-state index contributed by atoms with van der Waals surface area (Å²) >= 11 is 0. The molecular weight excluding hydrogens is 274 g/mol. The van der Waals surface area contributed by atoms with Gasteiger partial charge in [0, 0.05) is 18.5 Å². The first-order chi connectivity index (χ1) is 10.9. The zero-order valence-corrected chi connectivity index (χ0v) is 12.5. The molecule has 0 saturated heterocycles. The molecule has 0 radical (unpaired) electrons. The van der Waals surface area contributed by atoms with Crippen LogP contribution in [0.25, 0.3) is 11.0 Å². The summed E-state index contributed by atoms with van der Waals surface area (Å²) in [4.78, 5) is 0. The Hall–Kier alpha value is -2.26. The van der Waals surface area contributed by atoms with E-state index in [-0.39, 0.29) is 0 Å². The van der Waals surface area contributed by atoms with E-state index < -0.39 is 0 Å². The van der Waals surface area contributed by atoms with Crippen molar-refractivity contribution in [3.05, 3.63) is 65.4 Å². The second-order valence-electron chi connectivity index (χ2n) is 5.66. The predicted molar refractivity (Wildman–Crippen MR) is 87.3 cm³/mol. The highest BCUT2D eigenvalue weighted by molar-refractivity contribution is 5.88. The Kier molecular flexibility index (Phi) is 3.57. The van der Waals surface area contributed by atoms with E-state index in [0.29, 0.717) is 6.61 Å². The Morgan fingerprint density at radius 3 is 2.73 bits per heavy atom. The minimum atomic E-state index is 0.582. The van der Waals surface area contributed by atoms with Crippen molar-refractivity contribution in [2.45, 2.75) is 19.4 Å². The van der Waals surface area contributed by atoms with Crippen LogP contribution in [0.2, 0.25) is 0 Å². The molecule has 0 fully saturated rings. The molecule has 2 heterocycles. The largest absolute Gasteiger partial charge is 0.488 e. The van der Waals surface area contributed by atoms with Crippen molar-refractivity contribution >= 4 is 11.0 Å². The summed E-state index contributed by atoms with van der Waals surface area (Å²) in [5.41, 5.74) is 3.43. The van der Waals surface area contributed by atoms with Crippen molar-refractivity contribution in [1.29, 1.82) is 0 Å². The average molecular weight is 293 g/mol. The standard InChI is InChI=1S/C19H19NO2/c1-2-5-14(6-3-1)13-21-17-7-4-8-18-19(17)15-9-11-20-12-10-16(15)22-18/h1-8,20H,9-13H2. The summed E-state index contributed by atoms with van der Waals surface area (Å²) < 4.78 is 12.1. The Labute approximate surface area is 129 Å². The molecule has 112 valence electrons. The van der Waals surface area contributed by atoms with Gasteiger partial charge in [-0.2, -0.15) is 0 Å². The lowest BCUT2D eigenvalue weighted by Crippen LogP contribution is -2.16. The fourth-order valence-electron chi connectivity index (χ4n) is 3.09. The van der Waals surface area contributed by atoms with Crippen LogP contribution in [-0.4, -0.2) is 13.1 Å². The molecule has 1 aromatic heterocycles. The van der Waals surface area contributed by atoms with Crippen LogP contribution in [0.5, 0.6) is 5.75 Å². The monoisotopic (exact) mass is 293 g/mol. The molecule has 2 aromatic carbocycles. The maximum Gasteiger partial charge on any atom is 0.138 e. The van der Waals surface area contributed by atoms with Crippen LogP contribution in [0, 0.1) is 0 Å². The molecule has 3 aromatic rings. The van der Waals surface area contributed by atoms with E-state index >= 15 is 0 Å². The van der Waals surface area contributed by atoms with Crippen LogP contribution < -0.4 is 10.1 Å². The van der Waals surface area contributed by atoms with Gasteiger partial charge in [0.15, 0.2) is 0 Å². The zero-order chi connectivity index (χ0) is 14.8. The molecule has 0 amide bonds. The Bertz CT molecular complexity index is 777.